The highest BCUT2D eigenvalue weighted by Crippen LogP contribution is 2.10. The Labute approximate surface area is 83.6 Å². The van der Waals surface area contributed by atoms with E-state index in [1.54, 1.807) is 0 Å². The molecule has 1 aliphatic rings. The minimum Gasteiger partial charge on any atom is -0.391 e. The maximum Gasteiger partial charge on any atom is 0.225 e. The summed E-state index contributed by atoms with van der Waals surface area (Å²) in [5.41, 5.74) is 0. The van der Waals surface area contributed by atoms with Crippen LogP contribution in [0, 0.1) is 0 Å². The van der Waals surface area contributed by atoms with Crippen LogP contribution in [-0.4, -0.2) is 55.5 Å². The quantitative estimate of drug-likeness (QED) is 0.661. The molecule has 0 radical (unpaired) electrons. The maximum absolute atomic E-state index is 11.2. The van der Waals surface area contributed by atoms with Gasteiger partial charge in [0.05, 0.1) is 18.3 Å². The standard InChI is InChI=1S/C8H15NO4S/c1-14(12,13)4-2-3-9-6-7(10)5-8(9)11/h7,10H,2-6H2,1H3. The number of aliphatic hydroxyl groups excluding tert-OH is 1. The fourth-order valence-corrected chi connectivity index (χ4v) is 2.14. The molecular weight excluding hydrogens is 206 g/mol. The zero-order chi connectivity index (χ0) is 10.8. The molecule has 1 fully saturated rings. The molecule has 5 nitrogen and oxygen atoms in total. The number of carbonyl (C=O) groups is 1. The Morgan fingerprint density at radius 1 is 1.57 bits per heavy atom. The van der Waals surface area contributed by atoms with Crippen LogP contribution in [0.15, 0.2) is 0 Å². The molecule has 1 saturated heterocycles. The molecule has 1 N–H and O–H groups in total. The lowest BCUT2D eigenvalue weighted by molar-refractivity contribution is -0.127. The maximum atomic E-state index is 11.2. The van der Waals surface area contributed by atoms with E-state index in [9.17, 15) is 13.2 Å². The van der Waals surface area contributed by atoms with E-state index in [0.717, 1.165) is 0 Å². The number of nitrogens with zero attached hydrogens (tertiary/aromatic N) is 1. The van der Waals surface area contributed by atoms with Gasteiger partial charge in [-0.15, -0.1) is 0 Å². The second-order valence-electron chi connectivity index (χ2n) is 3.68. The van der Waals surface area contributed by atoms with E-state index >= 15 is 0 Å². The normalized spacial score (nSPS) is 23.1. The highest BCUT2D eigenvalue weighted by molar-refractivity contribution is 7.90. The number of β-amino-alcohol motifs (C(OH)–C–C–N with tert-alkyl or cyclic N) is 1. The lowest BCUT2D eigenvalue weighted by atomic mass is 10.3. The van der Waals surface area contributed by atoms with Gasteiger partial charge >= 0.3 is 0 Å². The molecule has 0 bridgehead atoms. The minimum atomic E-state index is -2.95. The Morgan fingerprint density at radius 3 is 2.64 bits per heavy atom. The van der Waals surface area contributed by atoms with Crippen molar-refractivity contribution in [3.63, 3.8) is 0 Å². The number of aliphatic hydroxyl groups is 1. The fourth-order valence-electron chi connectivity index (χ4n) is 1.49. The molecule has 0 aromatic carbocycles. The molecule has 0 saturated carbocycles. The summed E-state index contributed by atoms with van der Waals surface area (Å²) >= 11 is 0. The van der Waals surface area contributed by atoms with Gasteiger partial charge in [0, 0.05) is 19.3 Å². The summed E-state index contributed by atoms with van der Waals surface area (Å²) < 4.78 is 21.6. The summed E-state index contributed by atoms with van der Waals surface area (Å²) in [4.78, 5) is 12.7. The van der Waals surface area contributed by atoms with Crippen molar-refractivity contribution in [3.8, 4) is 0 Å². The average Bonchev–Trinajstić information content (AvgIpc) is 2.27. The summed E-state index contributed by atoms with van der Waals surface area (Å²) in [6, 6.07) is 0. The molecule has 1 amide bonds. The topological polar surface area (TPSA) is 74.7 Å². The van der Waals surface area contributed by atoms with Crippen LogP contribution < -0.4 is 0 Å². The van der Waals surface area contributed by atoms with Gasteiger partial charge < -0.3 is 10.0 Å². The zero-order valence-electron chi connectivity index (χ0n) is 8.14. The molecule has 1 atom stereocenters. The summed E-state index contributed by atoms with van der Waals surface area (Å²) in [6.45, 7) is 0.756. The van der Waals surface area contributed by atoms with Crippen molar-refractivity contribution < 1.29 is 18.3 Å². The number of hydrogen-bond donors (Lipinski definition) is 1. The molecular formula is C8H15NO4S. The lowest BCUT2D eigenvalue weighted by Gasteiger charge is -2.14. The Hall–Kier alpha value is -0.620. The van der Waals surface area contributed by atoms with Crippen LogP contribution in [0.1, 0.15) is 12.8 Å². The van der Waals surface area contributed by atoms with Crippen molar-refractivity contribution in [2.75, 3.05) is 25.1 Å². The Bertz CT molecular complexity index is 311. The summed E-state index contributed by atoms with van der Waals surface area (Å²) in [7, 11) is -2.95. The first-order valence-corrected chi connectivity index (χ1v) is 6.58. The lowest BCUT2D eigenvalue weighted by Crippen LogP contribution is -2.28. The molecule has 82 valence electrons. The molecule has 14 heavy (non-hydrogen) atoms. The first kappa shape index (κ1) is 11.5. The van der Waals surface area contributed by atoms with E-state index in [-0.39, 0.29) is 18.1 Å². The highest BCUT2D eigenvalue weighted by Gasteiger charge is 2.27. The second kappa shape index (κ2) is 4.27. The van der Waals surface area contributed by atoms with E-state index in [2.05, 4.69) is 0 Å². The molecule has 0 aromatic rings. The predicted molar refractivity (Wildman–Crippen MR) is 51.5 cm³/mol. The monoisotopic (exact) mass is 221 g/mol. The SMILES string of the molecule is CS(=O)(=O)CCCN1CC(O)CC1=O. The van der Waals surface area contributed by atoms with Gasteiger partial charge in [-0.05, 0) is 6.42 Å². The van der Waals surface area contributed by atoms with Gasteiger partial charge in [0.1, 0.15) is 9.84 Å². The number of sulfone groups is 1. The van der Waals surface area contributed by atoms with Gasteiger partial charge in [-0.3, -0.25) is 4.79 Å². The van der Waals surface area contributed by atoms with Crippen molar-refractivity contribution in [3.05, 3.63) is 0 Å². The molecule has 1 aliphatic heterocycles. The Morgan fingerprint density at radius 2 is 2.21 bits per heavy atom. The van der Waals surface area contributed by atoms with Crippen molar-refractivity contribution in [1.82, 2.24) is 4.90 Å². The average molecular weight is 221 g/mol. The smallest absolute Gasteiger partial charge is 0.225 e. The Kier molecular flexibility index (Phi) is 3.49. The van der Waals surface area contributed by atoms with Crippen LogP contribution in [0.25, 0.3) is 0 Å². The van der Waals surface area contributed by atoms with Gasteiger partial charge in [-0.2, -0.15) is 0 Å². The number of amides is 1. The zero-order valence-corrected chi connectivity index (χ0v) is 8.96. The van der Waals surface area contributed by atoms with Gasteiger partial charge in [-0.25, -0.2) is 8.42 Å². The molecule has 0 aliphatic carbocycles. The third-order valence-electron chi connectivity index (χ3n) is 2.14. The van der Waals surface area contributed by atoms with E-state index in [4.69, 9.17) is 5.11 Å². The van der Waals surface area contributed by atoms with Crippen LogP contribution in [0.5, 0.6) is 0 Å². The van der Waals surface area contributed by atoms with Crippen LogP contribution in [0.2, 0.25) is 0 Å². The first-order chi connectivity index (χ1) is 6.38. The molecule has 1 unspecified atom stereocenters. The van der Waals surface area contributed by atoms with Gasteiger partial charge in [0.25, 0.3) is 0 Å². The van der Waals surface area contributed by atoms with Crippen molar-refractivity contribution in [2.45, 2.75) is 18.9 Å². The highest BCUT2D eigenvalue weighted by atomic mass is 32.2. The van der Waals surface area contributed by atoms with Crippen LogP contribution in [-0.2, 0) is 14.6 Å². The molecule has 6 heteroatoms. The largest absolute Gasteiger partial charge is 0.391 e. The van der Waals surface area contributed by atoms with Crippen molar-refractivity contribution in [1.29, 1.82) is 0 Å². The van der Waals surface area contributed by atoms with Crippen LogP contribution in [0.3, 0.4) is 0 Å². The van der Waals surface area contributed by atoms with Crippen molar-refractivity contribution >= 4 is 15.7 Å². The summed E-state index contributed by atoms with van der Waals surface area (Å²) in [5, 5.41) is 9.15. The van der Waals surface area contributed by atoms with E-state index < -0.39 is 15.9 Å². The number of likely N-dealkylation sites (tertiary alicyclic amines) is 1. The minimum absolute atomic E-state index is 0.0902. The van der Waals surface area contributed by atoms with Gasteiger partial charge in [-0.1, -0.05) is 0 Å². The Balaban J connectivity index is 2.29. The summed E-state index contributed by atoms with van der Waals surface area (Å²) in [6.07, 6.45) is 1.20. The third kappa shape index (κ3) is 3.63. The van der Waals surface area contributed by atoms with E-state index in [1.807, 2.05) is 0 Å². The summed E-state index contributed by atoms with van der Waals surface area (Å²) in [5.74, 6) is -0.00151. The van der Waals surface area contributed by atoms with Gasteiger partial charge in [0.2, 0.25) is 5.91 Å². The van der Waals surface area contributed by atoms with Crippen LogP contribution in [0.4, 0.5) is 0 Å². The fraction of sp³-hybridized carbons (Fsp3) is 0.875. The number of rotatable bonds is 4. The first-order valence-electron chi connectivity index (χ1n) is 4.52. The van der Waals surface area contributed by atoms with Gasteiger partial charge in [0.15, 0.2) is 0 Å². The predicted octanol–water partition coefficient (Wildman–Crippen LogP) is -0.986. The number of hydrogen-bond acceptors (Lipinski definition) is 4. The van der Waals surface area contributed by atoms with E-state index in [1.165, 1.54) is 11.2 Å². The molecule has 0 spiro atoms. The second-order valence-corrected chi connectivity index (χ2v) is 5.94. The van der Waals surface area contributed by atoms with Crippen molar-refractivity contribution in [2.24, 2.45) is 0 Å². The molecule has 1 heterocycles. The van der Waals surface area contributed by atoms with E-state index in [0.29, 0.717) is 19.5 Å². The molecule has 0 aromatic heterocycles. The van der Waals surface area contributed by atoms with Crippen LogP contribution >= 0.6 is 0 Å². The third-order valence-corrected chi connectivity index (χ3v) is 3.17. The molecule has 1 rings (SSSR count). The number of carbonyl (C=O) groups excluding carboxylic acids is 1.